The molecule has 0 unspecified atom stereocenters. The number of anilines is 1. The molecular formula is C24H36N6O3. The summed E-state index contributed by atoms with van der Waals surface area (Å²) in [6, 6.07) is 1.96. The van der Waals surface area contributed by atoms with Gasteiger partial charge in [0.25, 0.3) is 0 Å². The molecule has 0 aromatic carbocycles. The van der Waals surface area contributed by atoms with Crippen LogP contribution in [-0.4, -0.2) is 87.2 Å². The number of nitrogens with zero attached hydrogens (tertiary/aromatic N) is 5. The van der Waals surface area contributed by atoms with Crippen molar-refractivity contribution >= 4 is 16.9 Å². The number of likely N-dealkylation sites (tertiary alicyclic amines) is 2. The predicted molar refractivity (Wildman–Crippen MR) is 125 cm³/mol. The van der Waals surface area contributed by atoms with Crippen LogP contribution in [-0.2, 0) is 14.2 Å². The van der Waals surface area contributed by atoms with Gasteiger partial charge in [-0.25, -0.2) is 9.97 Å². The number of aryl methyl sites for hydroxylation is 1. The van der Waals surface area contributed by atoms with Gasteiger partial charge in [-0.15, -0.1) is 0 Å². The summed E-state index contributed by atoms with van der Waals surface area (Å²) in [5, 5.41) is 0.840. The van der Waals surface area contributed by atoms with Gasteiger partial charge in [-0.05, 0) is 79.2 Å². The van der Waals surface area contributed by atoms with Gasteiger partial charge in [-0.2, -0.15) is 0 Å². The lowest BCUT2D eigenvalue weighted by Crippen LogP contribution is -2.54. The van der Waals surface area contributed by atoms with Crippen LogP contribution in [0.1, 0.15) is 51.6 Å². The lowest BCUT2D eigenvalue weighted by atomic mass is 9.85. The van der Waals surface area contributed by atoms with Gasteiger partial charge in [0.15, 0.2) is 12.0 Å². The third-order valence-electron chi connectivity index (χ3n) is 8.17. The molecule has 0 radical (unpaired) electrons. The number of hydrogen-bond donors (Lipinski definition) is 1. The highest BCUT2D eigenvalue weighted by Gasteiger charge is 2.57. The van der Waals surface area contributed by atoms with E-state index in [-0.39, 0.29) is 24.5 Å². The molecule has 0 amide bonds. The van der Waals surface area contributed by atoms with Crippen LogP contribution in [0.3, 0.4) is 0 Å². The molecule has 9 nitrogen and oxygen atoms in total. The molecule has 2 aromatic rings. The normalized spacial score (nSPS) is 33.9. The Hall–Kier alpha value is -1.78. The van der Waals surface area contributed by atoms with Crippen LogP contribution in [0.2, 0.25) is 0 Å². The first-order valence-corrected chi connectivity index (χ1v) is 12.3. The first-order chi connectivity index (χ1) is 15.7. The second kappa shape index (κ2) is 7.61. The van der Waals surface area contributed by atoms with E-state index in [2.05, 4.69) is 31.4 Å². The third-order valence-corrected chi connectivity index (χ3v) is 8.17. The maximum Gasteiger partial charge on any atom is 0.164 e. The van der Waals surface area contributed by atoms with Crippen molar-refractivity contribution in [1.82, 2.24) is 24.3 Å². The molecular weight excluding hydrogens is 420 g/mol. The maximum atomic E-state index is 6.73. The van der Waals surface area contributed by atoms with Crippen molar-refractivity contribution in [2.45, 2.75) is 82.3 Å². The smallest absolute Gasteiger partial charge is 0.164 e. The first kappa shape index (κ1) is 21.7. The highest BCUT2D eigenvalue weighted by molar-refractivity contribution is 5.86. The lowest BCUT2D eigenvalue weighted by Gasteiger charge is -2.45. The predicted octanol–water partition coefficient (Wildman–Crippen LogP) is 2.30. The van der Waals surface area contributed by atoms with Gasteiger partial charge in [-0.3, -0.25) is 4.90 Å². The Morgan fingerprint density at radius 1 is 1.09 bits per heavy atom. The molecule has 4 aliphatic heterocycles. The maximum absolute atomic E-state index is 6.73. The molecule has 6 heterocycles. The number of ether oxygens (including phenoxy) is 3. The van der Waals surface area contributed by atoms with Crippen LogP contribution in [0.5, 0.6) is 0 Å². The molecule has 0 bridgehead atoms. The molecule has 2 aromatic heterocycles. The van der Waals surface area contributed by atoms with Crippen molar-refractivity contribution < 1.29 is 14.2 Å². The summed E-state index contributed by atoms with van der Waals surface area (Å²) in [5.74, 6) is 0.502. The van der Waals surface area contributed by atoms with Gasteiger partial charge >= 0.3 is 0 Å². The topological polar surface area (TPSA) is 90.9 Å². The summed E-state index contributed by atoms with van der Waals surface area (Å²) in [6.07, 6.45) is 6.29. The molecule has 6 rings (SSSR count). The SMILES string of the molecule is Cc1nc(N)c2ccn([C@@H]3O[C@H](CN4CCCC45CCN(C)CC5)[C@H]4OC(C)(C)O[C@H]43)c2n1. The second-order valence-corrected chi connectivity index (χ2v) is 10.8. The third kappa shape index (κ3) is 3.56. The minimum Gasteiger partial charge on any atom is -0.383 e. The van der Waals surface area contributed by atoms with Gasteiger partial charge in [0, 0.05) is 18.3 Å². The van der Waals surface area contributed by atoms with Gasteiger partial charge in [0.1, 0.15) is 35.6 Å². The Bertz CT molecular complexity index is 1050. The van der Waals surface area contributed by atoms with Crippen LogP contribution in [0, 0.1) is 6.92 Å². The van der Waals surface area contributed by atoms with Crippen LogP contribution in [0.4, 0.5) is 5.82 Å². The van der Waals surface area contributed by atoms with E-state index in [1.807, 2.05) is 33.0 Å². The number of hydrogen-bond acceptors (Lipinski definition) is 8. The zero-order chi connectivity index (χ0) is 23.0. The Morgan fingerprint density at radius 2 is 1.85 bits per heavy atom. The molecule has 33 heavy (non-hydrogen) atoms. The van der Waals surface area contributed by atoms with Gasteiger partial charge in [-0.1, -0.05) is 0 Å². The van der Waals surface area contributed by atoms with Crippen molar-refractivity contribution in [3.05, 3.63) is 18.1 Å². The van der Waals surface area contributed by atoms with Crippen molar-refractivity contribution in [2.24, 2.45) is 0 Å². The van der Waals surface area contributed by atoms with Crippen LogP contribution >= 0.6 is 0 Å². The van der Waals surface area contributed by atoms with Gasteiger partial charge in [0.05, 0.1) is 5.39 Å². The largest absolute Gasteiger partial charge is 0.383 e. The summed E-state index contributed by atoms with van der Waals surface area (Å²) in [4.78, 5) is 14.1. The Kier molecular flexibility index (Phi) is 5.01. The van der Waals surface area contributed by atoms with E-state index in [1.54, 1.807) is 0 Å². The molecule has 4 fully saturated rings. The van der Waals surface area contributed by atoms with E-state index in [4.69, 9.17) is 19.9 Å². The summed E-state index contributed by atoms with van der Waals surface area (Å²) < 4.78 is 21.6. The molecule has 0 aliphatic carbocycles. The zero-order valence-electron chi connectivity index (χ0n) is 20.2. The summed E-state index contributed by atoms with van der Waals surface area (Å²) in [6.45, 7) is 10.2. The monoisotopic (exact) mass is 456 g/mol. The Balaban J connectivity index is 1.30. The van der Waals surface area contributed by atoms with E-state index < -0.39 is 5.79 Å². The number of nitrogens with two attached hydrogens (primary N) is 1. The van der Waals surface area contributed by atoms with Crippen molar-refractivity contribution in [3.63, 3.8) is 0 Å². The van der Waals surface area contributed by atoms with E-state index in [1.165, 1.54) is 38.8 Å². The highest BCUT2D eigenvalue weighted by Crippen LogP contribution is 2.46. The van der Waals surface area contributed by atoms with Crippen molar-refractivity contribution in [2.75, 3.05) is 39.0 Å². The molecule has 4 saturated heterocycles. The average molecular weight is 457 g/mol. The number of nitrogen functional groups attached to an aromatic ring is 1. The molecule has 4 atom stereocenters. The number of rotatable bonds is 3. The molecule has 4 aliphatic rings. The van der Waals surface area contributed by atoms with E-state index in [0.29, 0.717) is 17.2 Å². The number of aromatic nitrogens is 3. The van der Waals surface area contributed by atoms with E-state index in [0.717, 1.165) is 24.1 Å². The minimum atomic E-state index is -0.640. The highest BCUT2D eigenvalue weighted by atomic mass is 16.8. The molecule has 180 valence electrons. The average Bonchev–Trinajstić information content (AvgIpc) is 3.48. The fourth-order valence-corrected chi connectivity index (χ4v) is 6.50. The fraction of sp³-hybridized carbons (Fsp3) is 0.750. The van der Waals surface area contributed by atoms with Gasteiger partial charge in [0.2, 0.25) is 0 Å². The zero-order valence-corrected chi connectivity index (χ0v) is 20.2. The lowest BCUT2D eigenvalue weighted by molar-refractivity contribution is -0.199. The van der Waals surface area contributed by atoms with Crippen LogP contribution in [0.15, 0.2) is 12.3 Å². The Labute approximate surface area is 195 Å². The number of piperidine rings is 1. The molecule has 0 saturated carbocycles. The summed E-state index contributed by atoms with van der Waals surface area (Å²) in [5.41, 5.74) is 7.26. The summed E-state index contributed by atoms with van der Waals surface area (Å²) >= 11 is 0. The van der Waals surface area contributed by atoms with E-state index >= 15 is 0 Å². The first-order valence-electron chi connectivity index (χ1n) is 12.3. The quantitative estimate of drug-likeness (QED) is 0.752. The second-order valence-electron chi connectivity index (χ2n) is 10.8. The standard InChI is InChI=1S/C24H36N6O3/c1-15-26-20(25)16-6-11-30(21(16)27-15)22-19-18(32-23(2,3)33-19)17(31-22)14-29-10-5-7-24(29)8-12-28(4)13-9-24/h6,11,17-19,22H,5,7-10,12-14H2,1-4H3,(H2,25,26,27)/t17-,18-,19-,22-/m1/s1. The van der Waals surface area contributed by atoms with Crippen molar-refractivity contribution in [1.29, 1.82) is 0 Å². The molecule has 2 N–H and O–H groups in total. The number of fused-ring (bicyclic) bond motifs is 2. The van der Waals surface area contributed by atoms with Crippen molar-refractivity contribution in [3.8, 4) is 0 Å². The Morgan fingerprint density at radius 3 is 2.64 bits per heavy atom. The molecule has 1 spiro atoms. The molecule has 9 heteroatoms. The van der Waals surface area contributed by atoms with Crippen LogP contribution in [0.25, 0.3) is 11.0 Å². The van der Waals surface area contributed by atoms with Gasteiger partial charge < -0.3 is 29.4 Å². The summed E-state index contributed by atoms with van der Waals surface area (Å²) in [7, 11) is 2.23. The minimum absolute atomic E-state index is 0.0610. The van der Waals surface area contributed by atoms with E-state index in [9.17, 15) is 0 Å². The fourth-order valence-electron chi connectivity index (χ4n) is 6.50. The van der Waals surface area contributed by atoms with Crippen LogP contribution < -0.4 is 5.73 Å².